The Morgan fingerprint density at radius 3 is 2.65 bits per heavy atom. The second-order valence-corrected chi connectivity index (χ2v) is 4.99. The molecule has 0 spiro atoms. The fourth-order valence-electron chi connectivity index (χ4n) is 1.62. The van der Waals surface area contributed by atoms with E-state index in [-0.39, 0.29) is 11.5 Å². The molecular weight excluding hydrogens is 278 g/mol. The Morgan fingerprint density at radius 1 is 1.30 bits per heavy atom. The summed E-state index contributed by atoms with van der Waals surface area (Å²) in [5.74, 6) is -1.07. The summed E-state index contributed by atoms with van der Waals surface area (Å²) in [6.45, 7) is 1.87. The van der Waals surface area contributed by atoms with E-state index in [1.54, 1.807) is 12.3 Å². The van der Waals surface area contributed by atoms with Crippen LogP contribution in [0.4, 0.5) is 10.5 Å². The van der Waals surface area contributed by atoms with E-state index < -0.39 is 12.1 Å². The van der Waals surface area contributed by atoms with Crippen LogP contribution in [-0.2, 0) is 11.3 Å². The van der Waals surface area contributed by atoms with Gasteiger partial charge in [-0.15, -0.1) is 11.3 Å². The number of nitrogens with one attached hydrogen (secondary N) is 1. The highest BCUT2D eigenvalue weighted by molar-refractivity contribution is 7.12. The lowest BCUT2D eigenvalue weighted by Crippen LogP contribution is -2.15. The minimum atomic E-state index is -1.07. The quantitative estimate of drug-likeness (QED) is 0.904. The van der Waals surface area contributed by atoms with Crippen molar-refractivity contribution in [2.75, 3.05) is 5.32 Å². The number of aromatic carboxylic acids is 1. The first-order valence-corrected chi connectivity index (χ1v) is 6.75. The van der Waals surface area contributed by atoms with Crippen LogP contribution in [0.5, 0.6) is 0 Å². The molecule has 1 heterocycles. The maximum atomic E-state index is 11.7. The van der Waals surface area contributed by atoms with Gasteiger partial charge in [-0.1, -0.05) is 30.3 Å². The van der Waals surface area contributed by atoms with Gasteiger partial charge in [-0.25, -0.2) is 9.59 Å². The number of anilines is 1. The number of rotatable bonds is 4. The number of amides is 1. The predicted octanol–water partition coefficient (Wildman–Crippen LogP) is 3.50. The van der Waals surface area contributed by atoms with Crippen LogP contribution in [-0.4, -0.2) is 17.2 Å². The van der Waals surface area contributed by atoms with Crippen molar-refractivity contribution in [2.45, 2.75) is 13.5 Å². The molecule has 0 saturated carbocycles. The molecule has 0 saturated heterocycles. The second kappa shape index (κ2) is 6.21. The molecule has 1 aromatic carbocycles. The van der Waals surface area contributed by atoms with Gasteiger partial charge in [0.25, 0.3) is 0 Å². The number of carboxylic acids is 1. The summed E-state index contributed by atoms with van der Waals surface area (Å²) in [4.78, 5) is 22.8. The van der Waals surface area contributed by atoms with Gasteiger partial charge in [-0.05, 0) is 23.4 Å². The minimum absolute atomic E-state index is 0.0964. The van der Waals surface area contributed by atoms with Crippen LogP contribution in [0.3, 0.4) is 0 Å². The molecule has 1 amide bonds. The maximum absolute atomic E-state index is 11.7. The summed E-state index contributed by atoms with van der Waals surface area (Å²) in [6.07, 6.45) is -0.669. The van der Waals surface area contributed by atoms with E-state index in [0.29, 0.717) is 11.3 Å². The molecule has 0 unspecified atom stereocenters. The maximum Gasteiger partial charge on any atom is 0.412 e. The lowest BCUT2D eigenvalue weighted by atomic mass is 10.2. The molecule has 0 bridgehead atoms. The molecule has 0 aliphatic rings. The Balaban J connectivity index is 1.98. The summed E-state index contributed by atoms with van der Waals surface area (Å²) < 4.78 is 5.05. The van der Waals surface area contributed by atoms with Crippen molar-refractivity contribution in [1.82, 2.24) is 0 Å². The van der Waals surface area contributed by atoms with Crippen LogP contribution in [0.15, 0.2) is 35.7 Å². The number of ether oxygens (including phenoxy) is 1. The van der Waals surface area contributed by atoms with Crippen LogP contribution in [0.1, 0.15) is 20.8 Å². The second-order valence-electron chi connectivity index (χ2n) is 4.11. The van der Waals surface area contributed by atoms with Gasteiger partial charge in [0.2, 0.25) is 0 Å². The van der Waals surface area contributed by atoms with Gasteiger partial charge in [0.1, 0.15) is 11.5 Å². The molecule has 5 nitrogen and oxygen atoms in total. The molecule has 0 aliphatic heterocycles. The average molecular weight is 291 g/mol. The van der Waals surface area contributed by atoms with Crippen molar-refractivity contribution in [1.29, 1.82) is 0 Å². The zero-order valence-electron chi connectivity index (χ0n) is 10.8. The minimum Gasteiger partial charge on any atom is -0.477 e. The third kappa shape index (κ3) is 3.36. The summed E-state index contributed by atoms with van der Waals surface area (Å²) >= 11 is 1.07. The van der Waals surface area contributed by atoms with Gasteiger partial charge >= 0.3 is 12.1 Å². The molecule has 2 N–H and O–H groups in total. The van der Waals surface area contributed by atoms with E-state index in [9.17, 15) is 9.59 Å². The zero-order chi connectivity index (χ0) is 14.5. The topological polar surface area (TPSA) is 75.6 Å². The average Bonchev–Trinajstić information content (AvgIpc) is 2.79. The number of carbonyl (C=O) groups excluding carboxylic acids is 1. The largest absolute Gasteiger partial charge is 0.477 e. The molecule has 2 rings (SSSR count). The Morgan fingerprint density at radius 2 is 2.00 bits per heavy atom. The first-order chi connectivity index (χ1) is 9.58. The summed E-state index contributed by atoms with van der Waals surface area (Å²) in [5, 5.41) is 13.2. The molecule has 2 aromatic rings. The Bertz CT molecular complexity index is 621. The van der Waals surface area contributed by atoms with Gasteiger partial charge in [0, 0.05) is 0 Å². The first-order valence-electron chi connectivity index (χ1n) is 5.87. The highest BCUT2D eigenvalue weighted by Gasteiger charge is 2.17. The van der Waals surface area contributed by atoms with Crippen molar-refractivity contribution in [3.8, 4) is 0 Å². The van der Waals surface area contributed by atoms with E-state index in [1.807, 2.05) is 30.3 Å². The van der Waals surface area contributed by atoms with E-state index in [2.05, 4.69) is 5.32 Å². The standard InChI is InChI=1S/C14H13NO4S/c1-9-8-20-12(13(16)17)11(9)15-14(18)19-7-10-5-3-2-4-6-10/h2-6,8H,7H2,1H3,(H,15,18)(H,16,17). The van der Waals surface area contributed by atoms with Crippen molar-refractivity contribution in [3.63, 3.8) is 0 Å². The lowest BCUT2D eigenvalue weighted by Gasteiger charge is -2.07. The summed E-state index contributed by atoms with van der Waals surface area (Å²) in [7, 11) is 0. The first kappa shape index (κ1) is 14.1. The highest BCUT2D eigenvalue weighted by atomic mass is 32.1. The van der Waals surface area contributed by atoms with Crippen molar-refractivity contribution < 1.29 is 19.4 Å². The Hall–Kier alpha value is -2.34. The van der Waals surface area contributed by atoms with E-state index >= 15 is 0 Å². The van der Waals surface area contributed by atoms with Crippen LogP contribution < -0.4 is 5.32 Å². The van der Waals surface area contributed by atoms with Crippen LogP contribution in [0.2, 0.25) is 0 Å². The lowest BCUT2D eigenvalue weighted by molar-refractivity contribution is 0.0703. The Labute approximate surface area is 119 Å². The third-order valence-electron chi connectivity index (χ3n) is 2.61. The number of hydrogen-bond donors (Lipinski definition) is 2. The van der Waals surface area contributed by atoms with E-state index in [1.165, 1.54) is 0 Å². The smallest absolute Gasteiger partial charge is 0.412 e. The number of carbonyl (C=O) groups is 2. The normalized spacial score (nSPS) is 10.1. The zero-order valence-corrected chi connectivity index (χ0v) is 11.6. The van der Waals surface area contributed by atoms with E-state index in [4.69, 9.17) is 9.84 Å². The fourth-order valence-corrected chi connectivity index (χ4v) is 2.46. The van der Waals surface area contributed by atoms with Crippen molar-refractivity contribution in [2.24, 2.45) is 0 Å². The number of benzene rings is 1. The van der Waals surface area contributed by atoms with E-state index in [0.717, 1.165) is 16.9 Å². The number of aryl methyl sites for hydroxylation is 1. The molecule has 0 aliphatic carbocycles. The summed E-state index contributed by atoms with van der Waals surface area (Å²) in [5.41, 5.74) is 1.85. The molecule has 6 heteroatoms. The van der Waals surface area contributed by atoms with Gasteiger partial charge in [0.05, 0.1) is 5.69 Å². The van der Waals surface area contributed by atoms with Gasteiger partial charge < -0.3 is 9.84 Å². The van der Waals surface area contributed by atoms with Crippen LogP contribution in [0.25, 0.3) is 0 Å². The molecule has 0 atom stereocenters. The molecule has 20 heavy (non-hydrogen) atoms. The van der Waals surface area contributed by atoms with Gasteiger partial charge in [-0.2, -0.15) is 0 Å². The SMILES string of the molecule is Cc1csc(C(=O)O)c1NC(=O)OCc1ccccc1. The molecule has 0 radical (unpaired) electrons. The van der Waals surface area contributed by atoms with Gasteiger partial charge in [0.15, 0.2) is 0 Å². The molecule has 104 valence electrons. The van der Waals surface area contributed by atoms with Crippen LogP contribution >= 0.6 is 11.3 Å². The molecule has 1 aromatic heterocycles. The monoisotopic (exact) mass is 291 g/mol. The van der Waals surface area contributed by atoms with Gasteiger partial charge in [-0.3, -0.25) is 5.32 Å². The fraction of sp³-hybridized carbons (Fsp3) is 0.143. The number of carboxylic acid groups (broad SMARTS) is 1. The third-order valence-corrected chi connectivity index (χ3v) is 3.69. The summed E-state index contributed by atoms with van der Waals surface area (Å²) in [6, 6.07) is 9.25. The number of hydrogen-bond acceptors (Lipinski definition) is 4. The predicted molar refractivity (Wildman–Crippen MR) is 76.3 cm³/mol. The molecular formula is C14H13NO4S. The molecule has 0 fully saturated rings. The van der Waals surface area contributed by atoms with Crippen molar-refractivity contribution >= 4 is 29.1 Å². The van der Waals surface area contributed by atoms with Crippen LogP contribution in [0, 0.1) is 6.92 Å². The highest BCUT2D eigenvalue weighted by Crippen LogP contribution is 2.27. The Kier molecular flexibility index (Phi) is 4.37. The van der Waals surface area contributed by atoms with Crippen molar-refractivity contribution in [3.05, 3.63) is 51.7 Å². The number of thiophene rings is 1.